The highest BCUT2D eigenvalue weighted by molar-refractivity contribution is 5.41. The molecule has 4 heteroatoms. The van der Waals surface area contributed by atoms with Crippen molar-refractivity contribution < 1.29 is 5.11 Å². The number of hydrogen-bond donors (Lipinski definition) is 2. The van der Waals surface area contributed by atoms with Crippen LogP contribution in [0.4, 0.5) is 5.69 Å². The van der Waals surface area contributed by atoms with Crippen LogP contribution in [0.3, 0.4) is 0 Å². The lowest BCUT2D eigenvalue weighted by molar-refractivity contribution is 0.475. The van der Waals surface area contributed by atoms with Crippen LogP contribution in [0.1, 0.15) is 5.56 Å². The molecule has 0 saturated heterocycles. The number of aromatic nitrogens is 1. The van der Waals surface area contributed by atoms with Gasteiger partial charge in [0.2, 0.25) is 5.56 Å². The number of nitrogens with zero attached hydrogens (tertiary/aromatic N) is 1. The van der Waals surface area contributed by atoms with Crippen LogP contribution in [-0.2, 0) is 13.6 Å². The first kappa shape index (κ1) is 11.3. The van der Waals surface area contributed by atoms with Gasteiger partial charge in [-0.3, -0.25) is 4.79 Å². The molecule has 1 aromatic carbocycles. The fourth-order valence-corrected chi connectivity index (χ4v) is 1.52. The van der Waals surface area contributed by atoms with Crippen molar-refractivity contribution in [2.24, 2.45) is 7.05 Å². The maximum absolute atomic E-state index is 11.2. The molecule has 0 amide bonds. The van der Waals surface area contributed by atoms with Crippen LogP contribution < -0.4 is 10.9 Å². The van der Waals surface area contributed by atoms with Crippen LogP contribution in [0.25, 0.3) is 0 Å². The Hall–Kier alpha value is -2.23. The highest BCUT2D eigenvalue weighted by atomic mass is 16.3. The molecule has 0 aliphatic heterocycles. The van der Waals surface area contributed by atoms with Crippen LogP contribution in [-0.4, -0.2) is 9.67 Å². The van der Waals surface area contributed by atoms with Crippen LogP contribution in [0.15, 0.2) is 47.4 Å². The van der Waals surface area contributed by atoms with Gasteiger partial charge in [0, 0.05) is 25.9 Å². The van der Waals surface area contributed by atoms with E-state index in [9.17, 15) is 4.79 Å². The predicted octanol–water partition coefficient (Wildman–Crippen LogP) is 1.70. The highest BCUT2D eigenvalue weighted by Crippen LogP contribution is 2.11. The van der Waals surface area contributed by atoms with Crippen LogP contribution in [0, 0.1) is 0 Å². The number of aryl methyl sites for hydroxylation is 1. The molecule has 4 nitrogen and oxygen atoms in total. The Morgan fingerprint density at radius 2 is 1.88 bits per heavy atom. The maximum Gasteiger partial charge on any atom is 0.250 e. The fraction of sp³-hybridized carbons (Fsp3) is 0.154. The summed E-state index contributed by atoms with van der Waals surface area (Å²) < 4.78 is 1.53. The Bertz CT molecular complexity index is 558. The molecule has 2 N–H and O–H groups in total. The Kier molecular flexibility index (Phi) is 3.14. The van der Waals surface area contributed by atoms with E-state index in [0.29, 0.717) is 6.54 Å². The molecule has 0 bridgehead atoms. The van der Waals surface area contributed by atoms with Crippen LogP contribution >= 0.6 is 0 Å². The second kappa shape index (κ2) is 4.74. The normalized spacial score (nSPS) is 10.2. The first-order valence-corrected chi connectivity index (χ1v) is 5.33. The van der Waals surface area contributed by atoms with E-state index < -0.39 is 0 Å². The Morgan fingerprint density at radius 1 is 1.18 bits per heavy atom. The van der Waals surface area contributed by atoms with Crippen molar-refractivity contribution in [2.75, 3.05) is 5.32 Å². The first-order valence-electron chi connectivity index (χ1n) is 5.33. The highest BCUT2D eigenvalue weighted by Gasteiger charge is 1.96. The van der Waals surface area contributed by atoms with Gasteiger partial charge in [-0.15, -0.1) is 0 Å². The van der Waals surface area contributed by atoms with Gasteiger partial charge in [0.1, 0.15) is 5.75 Å². The van der Waals surface area contributed by atoms with Gasteiger partial charge in [-0.2, -0.15) is 0 Å². The molecule has 1 aromatic heterocycles. The molecule has 0 atom stereocenters. The van der Waals surface area contributed by atoms with E-state index in [1.165, 1.54) is 10.6 Å². The predicted molar refractivity (Wildman–Crippen MR) is 67.1 cm³/mol. The molecule has 0 aliphatic carbocycles. The van der Waals surface area contributed by atoms with Crippen molar-refractivity contribution in [3.63, 3.8) is 0 Å². The minimum absolute atomic E-state index is 0.0276. The second-order valence-electron chi connectivity index (χ2n) is 3.89. The summed E-state index contributed by atoms with van der Waals surface area (Å²) in [6, 6.07) is 10.3. The second-order valence-corrected chi connectivity index (χ2v) is 3.89. The zero-order valence-corrected chi connectivity index (χ0v) is 9.55. The van der Waals surface area contributed by atoms with E-state index in [2.05, 4.69) is 5.32 Å². The number of phenols is 1. The zero-order chi connectivity index (χ0) is 12.3. The van der Waals surface area contributed by atoms with E-state index >= 15 is 0 Å². The van der Waals surface area contributed by atoms with Crippen molar-refractivity contribution in [2.45, 2.75) is 6.54 Å². The van der Waals surface area contributed by atoms with Crippen molar-refractivity contribution in [1.82, 2.24) is 4.57 Å². The molecule has 0 aliphatic rings. The third-order valence-corrected chi connectivity index (χ3v) is 2.52. The van der Waals surface area contributed by atoms with Crippen molar-refractivity contribution in [3.8, 4) is 5.75 Å². The molecule has 88 valence electrons. The summed E-state index contributed by atoms with van der Waals surface area (Å²) in [4.78, 5) is 11.2. The standard InChI is InChI=1S/C13H14N2O2/c1-15-9-11(4-7-13(15)17)14-8-10-2-5-12(16)6-3-10/h2-7,9,14,16H,8H2,1H3. The number of aromatic hydroxyl groups is 1. The average molecular weight is 230 g/mol. The minimum atomic E-state index is -0.0276. The smallest absolute Gasteiger partial charge is 0.250 e. The number of benzene rings is 1. The molecule has 17 heavy (non-hydrogen) atoms. The van der Waals surface area contributed by atoms with Gasteiger partial charge in [-0.25, -0.2) is 0 Å². The fourth-order valence-electron chi connectivity index (χ4n) is 1.52. The summed E-state index contributed by atoms with van der Waals surface area (Å²) in [5.74, 6) is 0.260. The van der Waals surface area contributed by atoms with Gasteiger partial charge < -0.3 is 15.0 Å². The molecule has 0 saturated carbocycles. The lowest BCUT2D eigenvalue weighted by Gasteiger charge is -2.07. The minimum Gasteiger partial charge on any atom is -0.508 e. The third kappa shape index (κ3) is 2.87. The average Bonchev–Trinajstić information content (AvgIpc) is 2.33. The van der Waals surface area contributed by atoms with Gasteiger partial charge in [0.25, 0.3) is 0 Å². The quantitative estimate of drug-likeness (QED) is 0.843. The Balaban J connectivity index is 2.04. The van der Waals surface area contributed by atoms with E-state index in [0.717, 1.165) is 11.3 Å². The van der Waals surface area contributed by atoms with Crippen molar-refractivity contribution in [1.29, 1.82) is 0 Å². The van der Waals surface area contributed by atoms with E-state index in [1.54, 1.807) is 31.4 Å². The molecule has 1 heterocycles. The summed E-state index contributed by atoms with van der Waals surface area (Å²) in [5, 5.41) is 12.4. The van der Waals surface area contributed by atoms with Gasteiger partial charge in [-0.05, 0) is 23.8 Å². The molecular formula is C13H14N2O2. The Morgan fingerprint density at radius 3 is 2.53 bits per heavy atom. The van der Waals surface area contributed by atoms with E-state index in [1.807, 2.05) is 12.1 Å². The number of phenolic OH excluding ortho intramolecular Hbond substituents is 1. The maximum atomic E-state index is 11.2. The molecule has 0 unspecified atom stereocenters. The van der Waals surface area contributed by atoms with E-state index in [-0.39, 0.29) is 11.3 Å². The summed E-state index contributed by atoms with van der Waals surface area (Å²) in [7, 11) is 1.72. The summed E-state index contributed by atoms with van der Waals surface area (Å²) in [6.45, 7) is 0.651. The summed E-state index contributed by atoms with van der Waals surface area (Å²) in [5.41, 5.74) is 1.93. The molecule has 2 rings (SSSR count). The molecule has 0 radical (unpaired) electrons. The lowest BCUT2D eigenvalue weighted by atomic mass is 10.2. The Labute approximate surface area is 99.2 Å². The van der Waals surface area contributed by atoms with Gasteiger partial charge >= 0.3 is 0 Å². The van der Waals surface area contributed by atoms with Crippen LogP contribution in [0.2, 0.25) is 0 Å². The van der Waals surface area contributed by atoms with Crippen molar-refractivity contribution >= 4 is 5.69 Å². The number of pyridine rings is 1. The zero-order valence-electron chi connectivity index (χ0n) is 9.55. The van der Waals surface area contributed by atoms with Gasteiger partial charge in [-0.1, -0.05) is 12.1 Å². The number of hydrogen-bond acceptors (Lipinski definition) is 3. The monoisotopic (exact) mass is 230 g/mol. The number of anilines is 1. The van der Waals surface area contributed by atoms with Gasteiger partial charge in [0.15, 0.2) is 0 Å². The third-order valence-electron chi connectivity index (χ3n) is 2.52. The molecular weight excluding hydrogens is 216 g/mol. The van der Waals surface area contributed by atoms with E-state index in [4.69, 9.17) is 5.11 Å². The molecule has 2 aromatic rings. The molecule has 0 fully saturated rings. The topological polar surface area (TPSA) is 54.3 Å². The van der Waals surface area contributed by atoms with Crippen molar-refractivity contribution in [3.05, 3.63) is 58.5 Å². The molecule has 0 spiro atoms. The van der Waals surface area contributed by atoms with Crippen LogP contribution in [0.5, 0.6) is 5.75 Å². The SMILES string of the molecule is Cn1cc(NCc2ccc(O)cc2)ccc1=O. The van der Waals surface area contributed by atoms with Gasteiger partial charge in [0.05, 0.1) is 5.69 Å². The number of rotatable bonds is 3. The first-order chi connectivity index (χ1) is 8.15. The summed E-state index contributed by atoms with van der Waals surface area (Å²) in [6.07, 6.45) is 1.75. The largest absolute Gasteiger partial charge is 0.508 e. The summed E-state index contributed by atoms with van der Waals surface area (Å²) >= 11 is 0. The lowest BCUT2D eigenvalue weighted by Crippen LogP contribution is -2.15. The number of nitrogens with one attached hydrogen (secondary N) is 1.